The molecule has 0 atom stereocenters. The molecule has 1 aliphatic carbocycles. The normalized spacial score (nSPS) is 15.8. The van der Waals surface area contributed by atoms with Crippen LogP contribution in [0.2, 0.25) is 13.3 Å². The van der Waals surface area contributed by atoms with Gasteiger partial charge in [0.2, 0.25) is 0 Å². The number of allylic oxidation sites excluding steroid dienone is 1. The summed E-state index contributed by atoms with van der Waals surface area (Å²) in [6.07, 6.45) is 11.8. The summed E-state index contributed by atoms with van der Waals surface area (Å²) in [5, 5.41) is 0. The number of unbranched alkanes of at least 4 members (excludes halogenated alkanes) is 3. The molecule has 4 heteroatoms. The Labute approximate surface area is 161 Å². The molecule has 0 N–H and O–H groups in total. The number of halogens is 1. The number of hydrogen-bond acceptors (Lipinski definition) is 2. The Bertz CT molecular complexity index is 371. The van der Waals surface area contributed by atoms with Crippen LogP contribution in [0.4, 0.5) is 0 Å². The third-order valence-corrected chi connectivity index (χ3v) is 18.7. The van der Waals surface area contributed by atoms with E-state index >= 15 is 0 Å². The summed E-state index contributed by atoms with van der Waals surface area (Å²) < 4.78 is 11.4. The van der Waals surface area contributed by atoms with E-state index in [1.165, 1.54) is 61.8 Å². The zero-order chi connectivity index (χ0) is 17.1. The second-order valence-electron chi connectivity index (χ2n) is 6.97. The van der Waals surface area contributed by atoms with Crippen LogP contribution >= 0.6 is 22.6 Å². The minimum absolute atomic E-state index is 0.0770. The van der Waals surface area contributed by atoms with Gasteiger partial charge in [0.1, 0.15) is 0 Å². The molecule has 1 aliphatic rings. The fourth-order valence-corrected chi connectivity index (χ4v) is 17.3. The summed E-state index contributed by atoms with van der Waals surface area (Å²) in [5.74, 6) is 0.0770. The van der Waals surface area contributed by atoms with Gasteiger partial charge in [-0.1, -0.05) is 0 Å². The maximum atomic E-state index is 12.9. The number of hydrogen-bond donors (Lipinski definition) is 0. The predicted molar refractivity (Wildman–Crippen MR) is 111 cm³/mol. The second-order valence-corrected chi connectivity index (χ2v) is 19.9. The molecule has 23 heavy (non-hydrogen) atoms. The third-order valence-electron chi connectivity index (χ3n) is 4.91. The maximum absolute atomic E-state index is 12.9. The van der Waals surface area contributed by atoms with E-state index in [-0.39, 0.29) is 5.97 Å². The summed E-state index contributed by atoms with van der Waals surface area (Å²) in [6.45, 7) is 6.76. The van der Waals surface area contributed by atoms with Gasteiger partial charge in [0, 0.05) is 0 Å². The van der Waals surface area contributed by atoms with Crippen molar-refractivity contribution in [1.82, 2.24) is 0 Å². The SMILES string of the molecule is CCC[CH2][Sn]([CH2]CCC)([CH2]CCC)[O]C(=O)C1=C(I)CCCC1. The molecule has 0 radical (unpaired) electrons. The van der Waals surface area contributed by atoms with E-state index in [0.29, 0.717) is 0 Å². The summed E-state index contributed by atoms with van der Waals surface area (Å²) in [6, 6.07) is 0. The van der Waals surface area contributed by atoms with Crippen molar-refractivity contribution in [3.63, 3.8) is 0 Å². The van der Waals surface area contributed by atoms with Gasteiger partial charge < -0.3 is 0 Å². The van der Waals surface area contributed by atoms with Crippen LogP contribution in [-0.4, -0.2) is 24.8 Å². The molecule has 0 amide bonds. The molecular formula is C19H35IO2Sn. The van der Waals surface area contributed by atoms with Crippen molar-refractivity contribution >= 4 is 47.4 Å². The van der Waals surface area contributed by atoms with E-state index in [1.807, 2.05) is 0 Å². The van der Waals surface area contributed by atoms with Crippen molar-refractivity contribution in [3.05, 3.63) is 9.15 Å². The molecule has 0 aliphatic heterocycles. The number of carbonyl (C=O) groups excluding carboxylic acids is 1. The van der Waals surface area contributed by atoms with Crippen LogP contribution in [-0.2, 0) is 7.87 Å². The Morgan fingerprint density at radius 1 is 0.957 bits per heavy atom. The van der Waals surface area contributed by atoms with E-state index in [4.69, 9.17) is 3.07 Å². The summed E-state index contributed by atoms with van der Waals surface area (Å²) in [7, 11) is 0. The standard InChI is InChI=1S/C7H9IO2.3C4H9.Sn/c8-6-4-2-1-3-5(6)7(9)10;3*1-3-4-2;/h1-4H2,(H,9,10);3*1,3-4H2,2H3;/q;;;;+1/p-1. The van der Waals surface area contributed by atoms with Gasteiger partial charge in [0.15, 0.2) is 0 Å². The van der Waals surface area contributed by atoms with Gasteiger partial charge in [0.05, 0.1) is 0 Å². The third kappa shape index (κ3) is 7.66. The Hall–Kier alpha value is 0.739. The van der Waals surface area contributed by atoms with Crippen LogP contribution in [0.5, 0.6) is 0 Å². The van der Waals surface area contributed by atoms with E-state index < -0.39 is 18.8 Å². The van der Waals surface area contributed by atoms with Gasteiger partial charge in [-0.3, -0.25) is 0 Å². The Kier molecular flexibility index (Phi) is 11.5. The molecule has 0 saturated carbocycles. The quantitative estimate of drug-likeness (QED) is 0.206. The molecular weight excluding hydrogens is 506 g/mol. The topological polar surface area (TPSA) is 26.3 Å². The fraction of sp³-hybridized carbons (Fsp3) is 0.842. The van der Waals surface area contributed by atoms with Crippen molar-refractivity contribution in [2.75, 3.05) is 0 Å². The monoisotopic (exact) mass is 542 g/mol. The van der Waals surface area contributed by atoms with Crippen molar-refractivity contribution in [2.24, 2.45) is 0 Å². The summed E-state index contributed by atoms with van der Waals surface area (Å²) >= 11 is -0.419. The molecule has 0 aromatic heterocycles. The molecule has 0 heterocycles. The van der Waals surface area contributed by atoms with Crippen molar-refractivity contribution in [3.8, 4) is 0 Å². The van der Waals surface area contributed by atoms with Crippen LogP contribution in [0, 0.1) is 0 Å². The van der Waals surface area contributed by atoms with E-state index in [1.54, 1.807) is 0 Å². The molecule has 0 unspecified atom stereocenters. The number of carbonyl (C=O) groups is 1. The second kappa shape index (κ2) is 12.2. The van der Waals surface area contributed by atoms with E-state index in [9.17, 15) is 4.79 Å². The van der Waals surface area contributed by atoms with Crippen molar-refractivity contribution in [2.45, 2.75) is 98.3 Å². The molecule has 0 fully saturated rings. The fourth-order valence-electron chi connectivity index (χ4n) is 3.36. The van der Waals surface area contributed by atoms with Crippen LogP contribution in [0.3, 0.4) is 0 Å². The Morgan fingerprint density at radius 3 is 1.87 bits per heavy atom. The Morgan fingerprint density at radius 2 is 1.43 bits per heavy atom. The first-order valence-corrected chi connectivity index (χ1v) is 18.0. The summed E-state index contributed by atoms with van der Waals surface area (Å²) in [5.41, 5.74) is 1.02. The molecule has 0 aromatic carbocycles. The first kappa shape index (κ1) is 21.8. The molecule has 134 valence electrons. The van der Waals surface area contributed by atoms with Crippen molar-refractivity contribution in [1.29, 1.82) is 0 Å². The first-order chi connectivity index (χ1) is 11.1. The van der Waals surface area contributed by atoms with Gasteiger partial charge in [-0.15, -0.1) is 0 Å². The van der Waals surface area contributed by atoms with Crippen LogP contribution in [0.25, 0.3) is 0 Å². The van der Waals surface area contributed by atoms with Crippen LogP contribution in [0.15, 0.2) is 9.15 Å². The van der Waals surface area contributed by atoms with Crippen LogP contribution < -0.4 is 0 Å². The van der Waals surface area contributed by atoms with Crippen molar-refractivity contribution < 1.29 is 7.87 Å². The predicted octanol–water partition coefficient (Wildman–Crippen LogP) is 7.14. The van der Waals surface area contributed by atoms with Gasteiger partial charge in [-0.05, 0) is 0 Å². The Balaban J connectivity index is 2.88. The zero-order valence-corrected chi connectivity index (χ0v) is 20.4. The molecule has 0 saturated heterocycles. The molecule has 1 rings (SSSR count). The zero-order valence-electron chi connectivity index (χ0n) is 15.4. The summed E-state index contributed by atoms with van der Waals surface area (Å²) in [4.78, 5) is 12.9. The van der Waals surface area contributed by atoms with Gasteiger partial charge in [0.25, 0.3) is 0 Å². The number of rotatable bonds is 11. The minimum atomic E-state index is -2.79. The van der Waals surface area contributed by atoms with E-state index in [0.717, 1.165) is 24.8 Å². The van der Waals surface area contributed by atoms with Gasteiger partial charge in [-0.25, -0.2) is 0 Å². The first-order valence-electron chi connectivity index (χ1n) is 9.69. The van der Waals surface area contributed by atoms with Gasteiger partial charge >= 0.3 is 163 Å². The average molecular weight is 541 g/mol. The van der Waals surface area contributed by atoms with E-state index in [2.05, 4.69) is 43.4 Å². The molecule has 0 aromatic rings. The van der Waals surface area contributed by atoms with Crippen LogP contribution in [0.1, 0.15) is 85.0 Å². The van der Waals surface area contributed by atoms with Gasteiger partial charge in [-0.2, -0.15) is 0 Å². The molecule has 2 nitrogen and oxygen atoms in total. The molecule has 0 spiro atoms. The average Bonchev–Trinajstić information content (AvgIpc) is 2.56. The molecule has 0 bridgehead atoms.